The molecule has 0 saturated carbocycles. The minimum atomic E-state index is -0.400. The Morgan fingerprint density at radius 1 is 1.65 bits per heavy atom. The lowest BCUT2D eigenvalue weighted by Gasteiger charge is -2.35. The van der Waals surface area contributed by atoms with Crippen molar-refractivity contribution in [3.8, 4) is 0 Å². The minimum Gasteiger partial charge on any atom is -0.363 e. The van der Waals surface area contributed by atoms with Gasteiger partial charge in [-0.2, -0.15) is 0 Å². The van der Waals surface area contributed by atoms with Gasteiger partial charge >= 0.3 is 5.69 Å². The molecule has 0 aliphatic carbocycles. The summed E-state index contributed by atoms with van der Waals surface area (Å²) in [6.45, 7) is 7.31. The average molecular weight is 278 g/mol. The highest BCUT2D eigenvalue weighted by Crippen LogP contribution is 2.21. The maximum absolute atomic E-state index is 10.9. The monoisotopic (exact) mass is 278 g/mol. The maximum atomic E-state index is 10.9. The molecule has 1 aliphatic rings. The summed E-state index contributed by atoms with van der Waals surface area (Å²) in [6.07, 6.45) is 4.10. The molecule has 1 N–H and O–H groups in total. The quantitative estimate of drug-likeness (QED) is 0.662. The number of nitrogens with one attached hydrogen (secondary N) is 1. The first kappa shape index (κ1) is 14.7. The summed E-state index contributed by atoms with van der Waals surface area (Å²) in [7, 11) is 0. The van der Waals surface area contributed by atoms with Gasteiger partial charge in [-0.15, -0.1) is 0 Å². The normalized spacial score (nSPS) is 21.4. The number of nitrogens with zero attached hydrogens (tertiary/aromatic N) is 3. The molecule has 1 fully saturated rings. The highest BCUT2D eigenvalue weighted by molar-refractivity contribution is 5.55. The van der Waals surface area contributed by atoms with Crippen LogP contribution in [0.2, 0.25) is 0 Å². The molecule has 1 aliphatic heterocycles. The lowest BCUT2D eigenvalue weighted by Crippen LogP contribution is -2.43. The van der Waals surface area contributed by atoms with Crippen molar-refractivity contribution < 1.29 is 4.92 Å². The number of likely N-dealkylation sites (tertiary alicyclic amines) is 1. The van der Waals surface area contributed by atoms with E-state index in [0.29, 0.717) is 18.4 Å². The maximum Gasteiger partial charge on any atom is 0.311 e. The molecular weight excluding hydrogens is 256 g/mol. The third-order valence-electron chi connectivity index (χ3n) is 3.86. The molecule has 2 unspecified atom stereocenters. The van der Waals surface area contributed by atoms with Gasteiger partial charge in [-0.1, -0.05) is 6.92 Å². The number of rotatable bonds is 5. The highest BCUT2D eigenvalue weighted by Gasteiger charge is 2.21. The van der Waals surface area contributed by atoms with Gasteiger partial charge in [-0.25, -0.2) is 4.98 Å². The summed E-state index contributed by atoms with van der Waals surface area (Å²) < 4.78 is 0. The predicted molar refractivity (Wildman–Crippen MR) is 78.8 cm³/mol. The number of piperidine rings is 1. The van der Waals surface area contributed by atoms with Crippen LogP contribution in [0.3, 0.4) is 0 Å². The molecule has 2 heterocycles. The van der Waals surface area contributed by atoms with Gasteiger partial charge < -0.3 is 5.32 Å². The molecule has 1 aromatic rings. The highest BCUT2D eigenvalue weighted by atomic mass is 16.6. The van der Waals surface area contributed by atoms with Crippen LogP contribution in [-0.2, 0) is 0 Å². The third kappa shape index (κ3) is 3.66. The van der Waals surface area contributed by atoms with Crippen molar-refractivity contribution in [2.75, 3.05) is 25.0 Å². The van der Waals surface area contributed by atoms with Crippen molar-refractivity contribution in [3.63, 3.8) is 0 Å². The van der Waals surface area contributed by atoms with E-state index in [1.54, 1.807) is 12.3 Å². The Morgan fingerprint density at radius 2 is 2.45 bits per heavy atom. The SMILES string of the molecule is CC1CCCN(C(C)CNc2ncccc2[N+](=O)[O-])C1. The topological polar surface area (TPSA) is 71.3 Å². The zero-order valence-corrected chi connectivity index (χ0v) is 12.1. The minimum absolute atomic E-state index is 0.0340. The lowest BCUT2D eigenvalue weighted by atomic mass is 9.99. The van der Waals surface area contributed by atoms with Gasteiger partial charge in [0.25, 0.3) is 0 Å². The van der Waals surface area contributed by atoms with Gasteiger partial charge in [0.05, 0.1) is 4.92 Å². The summed E-state index contributed by atoms with van der Waals surface area (Å²) in [5.41, 5.74) is 0.0340. The fraction of sp³-hybridized carbons (Fsp3) is 0.643. The van der Waals surface area contributed by atoms with E-state index in [0.717, 1.165) is 19.0 Å². The van der Waals surface area contributed by atoms with Crippen LogP contribution in [0.25, 0.3) is 0 Å². The lowest BCUT2D eigenvalue weighted by molar-refractivity contribution is -0.384. The van der Waals surface area contributed by atoms with Crippen molar-refractivity contribution in [1.29, 1.82) is 0 Å². The van der Waals surface area contributed by atoms with Crippen molar-refractivity contribution in [1.82, 2.24) is 9.88 Å². The largest absolute Gasteiger partial charge is 0.363 e. The van der Waals surface area contributed by atoms with Crippen molar-refractivity contribution in [2.24, 2.45) is 5.92 Å². The van der Waals surface area contributed by atoms with Crippen LogP contribution in [0.15, 0.2) is 18.3 Å². The van der Waals surface area contributed by atoms with Gasteiger partial charge in [0.15, 0.2) is 0 Å². The predicted octanol–water partition coefficient (Wildman–Crippen LogP) is 2.52. The van der Waals surface area contributed by atoms with Crippen LogP contribution in [0, 0.1) is 16.0 Å². The number of pyridine rings is 1. The first-order chi connectivity index (χ1) is 9.58. The van der Waals surface area contributed by atoms with Crippen molar-refractivity contribution in [3.05, 3.63) is 28.4 Å². The molecule has 2 atom stereocenters. The Hall–Kier alpha value is -1.69. The van der Waals surface area contributed by atoms with E-state index in [1.807, 2.05) is 0 Å². The molecule has 0 radical (unpaired) electrons. The molecule has 2 rings (SSSR count). The molecule has 110 valence electrons. The molecule has 0 aromatic carbocycles. The van der Waals surface area contributed by atoms with Crippen molar-refractivity contribution >= 4 is 11.5 Å². The molecule has 0 bridgehead atoms. The summed E-state index contributed by atoms with van der Waals surface area (Å²) in [5, 5.41) is 14.0. The summed E-state index contributed by atoms with van der Waals surface area (Å²) in [6, 6.07) is 3.40. The van der Waals surface area contributed by atoms with Crippen LogP contribution < -0.4 is 5.32 Å². The molecule has 1 aromatic heterocycles. The van der Waals surface area contributed by atoms with E-state index < -0.39 is 4.92 Å². The molecule has 0 spiro atoms. The van der Waals surface area contributed by atoms with Gasteiger partial charge in [0.2, 0.25) is 5.82 Å². The van der Waals surface area contributed by atoms with Gasteiger partial charge in [0, 0.05) is 31.4 Å². The van der Waals surface area contributed by atoms with Crippen LogP contribution >= 0.6 is 0 Å². The number of hydrogen-bond acceptors (Lipinski definition) is 5. The number of aromatic nitrogens is 1. The first-order valence-electron chi connectivity index (χ1n) is 7.15. The van der Waals surface area contributed by atoms with E-state index in [-0.39, 0.29) is 5.69 Å². The van der Waals surface area contributed by atoms with E-state index in [2.05, 4.69) is 29.0 Å². The van der Waals surface area contributed by atoms with E-state index in [1.165, 1.54) is 18.9 Å². The van der Waals surface area contributed by atoms with Gasteiger partial charge in [-0.3, -0.25) is 15.0 Å². The molecule has 0 amide bonds. The first-order valence-corrected chi connectivity index (χ1v) is 7.15. The van der Waals surface area contributed by atoms with Crippen LogP contribution in [0.1, 0.15) is 26.7 Å². The Bertz CT molecular complexity index is 466. The Morgan fingerprint density at radius 3 is 3.15 bits per heavy atom. The number of anilines is 1. The second kappa shape index (κ2) is 6.65. The molecule has 20 heavy (non-hydrogen) atoms. The van der Waals surface area contributed by atoms with E-state index in [4.69, 9.17) is 0 Å². The fourth-order valence-corrected chi connectivity index (χ4v) is 2.68. The average Bonchev–Trinajstić information content (AvgIpc) is 2.45. The van der Waals surface area contributed by atoms with Crippen LogP contribution in [0.4, 0.5) is 11.5 Å². The molecule has 6 nitrogen and oxygen atoms in total. The standard InChI is InChI=1S/C14H22N4O2/c1-11-5-4-8-17(10-11)12(2)9-16-14-13(18(19)20)6-3-7-15-14/h3,6-7,11-12H,4-5,8-10H2,1-2H3,(H,15,16). The van der Waals surface area contributed by atoms with Crippen LogP contribution in [-0.4, -0.2) is 40.5 Å². The summed E-state index contributed by atoms with van der Waals surface area (Å²) in [5.74, 6) is 1.09. The fourth-order valence-electron chi connectivity index (χ4n) is 2.68. The van der Waals surface area contributed by atoms with Gasteiger partial charge in [-0.05, 0) is 38.3 Å². The molecule has 1 saturated heterocycles. The van der Waals surface area contributed by atoms with Gasteiger partial charge in [0.1, 0.15) is 0 Å². The van der Waals surface area contributed by atoms with E-state index in [9.17, 15) is 10.1 Å². The van der Waals surface area contributed by atoms with Crippen LogP contribution in [0.5, 0.6) is 0 Å². The summed E-state index contributed by atoms with van der Waals surface area (Å²) >= 11 is 0. The second-order valence-electron chi connectivity index (χ2n) is 5.60. The molecule has 6 heteroatoms. The number of hydrogen-bond donors (Lipinski definition) is 1. The number of nitro groups is 1. The Kier molecular flexibility index (Phi) is 4.89. The zero-order valence-electron chi connectivity index (χ0n) is 12.1. The zero-order chi connectivity index (χ0) is 14.5. The second-order valence-corrected chi connectivity index (χ2v) is 5.60. The smallest absolute Gasteiger partial charge is 0.311 e. The van der Waals surface area contributed by atoms with E-state index >= 15 is 0 Å². The Labute approximate surface area is 119 Å². The third-order valence-corrected chi connectivity index (χ3v) is 3.86. The van der Waals surface area contributed by atoms with Crippen molar-refractivity contribution in [2.45, 2.75) is 32.7 Å². The summed E-state index contributed by atoms with van der Waals surface area (Å²) in [4.78, 5) is 17.0. The Balaban J connectivity index is 1.93. The molecular formula is C14H22N4O2.